The fourth-order valence-electron chi connectivity index (χ4n) is 2.14. The van der Waals surface area contributed by atoms with Crippen LogP contribution in [0.2, 0.25) is 0 Å². The molecule has 0 fully saturated rings. The third kappa shape index (κ3) is 4.78. The summed E-state index contributed by atoms with van der Waals surface area (Å²) >= 11 is 2.83. The van der Waals surface area contributed by atoms with Crippen molar-refractivity contribution in [2.45, 2.75) is 13.5 Å². The van der Waals surface area contributed by atoms with E-state index in [0.29, 0.717) is 17.2 Å². The van der Waals surface area contributed by atoms with Crippen LogP contribution in [0.4, 0.5) is 0 Å². The van der Waals surface area contributed by atoms with E-state index < -0.39 is 0 Å². The number of carbonyl (C=O) groups excluding carboxylic acids is 2. The minimum absolute atomic E-state index is 0.0280. The van der Waals surface area contributed by atoms with Crippen molar-refractivity contribution in [2.75, 3.05) is 6.61 Å². The zero-order chi connectivity index (χ0) is 17.6. The van der Waals surface area contributed by atoms with Crippen molar-refractivity contribution in [1.82, 2.24) is 5.32 Å². The van der Waals surface area contributed by atoms with Gasteiger partial charge in [-0.1, -0.05) is 23.8 Å². The molecule has 4 nitrogen and oxygen atoms in total. The number of aryl methyl sites for hydroxylation is 1. The molecule has 0 aliphatic heterocycles. The molecule has 0 saturated carbocycles. The molecular formula is C19H17NO3S2. The molecule has 0 atom stereocenters. The zero-order valence-corrected chi connectivity index (χ0v) is 15.3. The van der Waals surface area contributed by atoms with E-state index in [1.807, 2.05) is 54.8 Å². The fraction of sp³-hybridized carbons (Fsp3) is 0.158. The number of hydrogen-bond acceptors (Lipinski definition) is 5. The summed E-state index contributed by atoms with van der Waals surface area (Å²) in [6, 6.07) is 14.9. The molecule has 128 valence electrons. The third-order valence-corrected chi connectivity index (χ3v) is 5.43. The van der Waals surface area contributed by atoms with Gasteiger partial charge in [0.25, 0.3) is 5.91 Å². The Balaban J connectivity index is 1.47. The van der Waals surface area contributed by atoms with Crippen molar-refractivity contribution < 1.29 is 14.3 Å². The summed E-state index contributed by atoms with van der Waals surface area (Å²) in [4.78, 5) is 26.5. The molecule has 1 N–H and O–H groups in total. The summed E-state index contributed by atoms with van der Waals surface area (Å²) < 4.78 is 5.44. The smallest absolute Gasteiger partial charge is 0.258 e. The SMILES string of the molecule is Cc1ccc(OCC(=O)NCc2ccc(C(=O)c3cccs3)s2)cc1. The summed E-state index contributed by atoms with van der Waals surface area (Å²) in [5, 5.41) is 4.69. The Morgan fingerprint density at radius 2 is 1.84 bits per heavy atom. The maximum atomic E-state index is 12.3. The normalized spacial score (nSPS) is 10.4. The average Bonchev–Trinajstić information content (AvgIpc) is 3.30. The lowest BCUT2D eigenvalue weighted by molar-refractivity contribution is -0.123. The van der Waals surface area contributed by atoms with Gasteiger partial charge in [0.1, 0.15) is 5.75 Å². The van der Waals surface area contributed by atoms with Crippen molar-refractivity contribution in [3.05, 3.63) is 74.1 Å². The Bertz CT molecular complexity index is 851. The molecule has 6 heteroatoms. The molecule has 1 amide bonds. The maximum absolute atomic E-state index is 12.3. The topological polar surface area (TPSA) is 55.4 Å². The number of carbonyl (C=O) groups is 2. The summed E-state index contributed by atoms with van der Waals surface area (Å²) in [6.07, 6.45) is 0. The van der Waals surface area contributed by atoms with Gasteiger partial charge in [-0.2, -0.15) is 0 Å². The Labute approximate surface area is 154 Å². The van der Waals surface area contributed by atoms with Crippen LogP contribution in [0.5, 0.6) is 5.75 Å². The summed E-state index contributed by atoms with van der Waals surface area (Å²) in [7, 11) is 0. The molecule has 0 aliphatic rings. The summed E-state index contributed by atoms with van der Waals surface area (Å²) in [5.41, 5.74) is 1.14. The van der Waals surface area contributed by atoms with E-state index in [9.17, 15) is 9.59 Å². The van der Waals surface area contributed by atoms with E-state index in [1.54, 1.807) is 6.07 Å². The van der Waals surface area contributed by atoms with Crippen LogP contribution in [-0.2, 0) is 11.3 Å². The third-order valence-electron chi connectivity index (χ3n) is 3.48. The minimum Gasteiger partial charge on any atom is -0.484 e. The van der Waals surface area contributed by atoms with Gasteiger partial charge in [0.05, 0.1) is 16.3 Å². The number of ether oxygens (including phenoxy) is 1. The number of rotatable bonds is 7. The van der Waals surface area contributed by atoms with Gasteiger partial charge in [-0.05, 0) is 42.6 Å². The molecule has 0 unspecified atom stereocenters. The fourth-order valence-corrected chi connectivity index (χ4v) is 3.79. The number of amides is 1. The van der Waals surface area contributed by atoms with Crippen molar-refractivity contribution in [2.24, 2.45) is 0 Å². The number of ketones is 1. The summed E-state index contributed by atoms with van der Waals surface area (Å²) in [5.74, 6) is 0.501. The molecule has 1 aromatic carbocycles. The second-order valence-electron chi connectivity index (χ2n) is 5.45. The van der Waals surface area contributed by atoms with Crippen LogP contribution in [0.3, 0.4) is 0 Å². The van der Waals surface area contributed by atoms with Crippen LogP contribution in [0.1, 0.15) is 25.0 Å². The molecule has 2 heterocycles. The predicted molar refractivity (Wildman–Crippen MR) is 101 cm³/mol. The Kier molecular flexibility index (Phi) is 5.63. The Hall–Kier alpha value is -2.44. The van der Waals surface area contributed by atoms with Crippen LogP contribution in [0.15, 0.2) is 53.9 Å². The van der Waals surface area contributed by atoms with Gasteiger partial charge in [-0.3, -0.25) is 9.59 Å². The number of benzene rings is 1. The van der Waals surface area contributed by atoms with Gasteiger partial charge >= 0.3 is 0 Å². The first-order chi connectivity index (χ1) is 12.1. The highest BCUT2D eigenvalue weighted by molar-refractivity contribution is 7.16. The first kappa shape index (κ1) is 17.4. The standard InChI is InChI=1S/C19H17NO3S2/c1-13-4-6-14(7-5-13)23-12-18(21)20-11-15-8-9-17(25-15)19(22)16-3-2-10-24-16/h2-10H,11-12H2,1H3,(H,20,21). The van der Waals surface area contributed by atoms with Crippen LogP contribution < -0.4 is 10.1 Å². The molecule has 0 aliphatic carbocycles. The zero-order valence-electron chi connectivity index (χ0n) is 13.7. The monoisotopic (exact) mass is 371 g/mol. The Morgan fingerprint density at radius 3 is 2.56 bits per heavy atom. The van der Waals surface area contributed by atoms with E-state index in [2.05, 4.69) is 5.32 Å². The second-order valence-corrected chi connectivity index (χ2v) is 7.57. The van der Waals surface area contributed by atoms with Gasteiger partial charge in [0.15, 0.2) is 6.61 Å². The highest BCUT2D eigenvalue weighted by Gasteiger charge is 2.13. The largest absolute Gasteiger partial charge is 0.484 e. The minimum atomic E-state index is -0.194. The molecule has 3 rings (SSSR count). The molecule has 0 spiro atoms. The van der Waals surface area contributed by atoms with Gasteiger partial charge in [-0.15, -0.1) is 22.7 Å². The molecular weight excluding hydrogens is 354 g/mol. The molecule has 0 radical (unpaired) electrons. The van der Waals surface area contributed by atoms with Gasteiger partial charge < -0.3 is 10.1 Å². The van der Waals surface area contributed by atoms with Gasteiger partial charge in [0.2, 0.25) is 5.78 Å². The highest BCUT2D eigenvalue weighted by Crippen LogP contribution is 2.22. The number of hydrogen-bond donors (Lipinski definition) is 1. The van der Waals surface area contributed by atoms with Crippen molar-refractivity contribution in [3.63, 3.8) is 0 Å². The molecule has 3 aromatic rings. The number of thiophene rings is 2. The first-order valence-electron chi connectivity index (χ1n) is 7.75. The lowest BCUT2D eigenvalue weighted by Gasteiger charge is -2.07. The lowest BCUT2D eigenvalue weighted by atomic mass is 10.2. The van der Waals surface area contributed by atoms with Crippen LogP contribution in [0.25, 0.3) is 0 Å². The van der Waals surface area contributed by atoms with Gasteiger partial charge in [0, 0.05) is 4.88 Å². The molecule has 0 bridgehead atoms. The van der Waals surface area contributed by atoms with Crippen LogP contribution in [-0.4, -0.2) is 18.3 Å². The van der Waals surface area contributed by atoms with Gasteiger partial charge in [-0.25, -0.2) is 0 Å². The molecule has 0 saturated heterocycles. The molecule has 2 aromatic heterocycles. The van der Waals surface area contributed by atoms with E-state index in [4.69, 9.17) is 4.74 Å². The first-order valence-corrected chi connectivity index (χ1v) is 9.44. The predicted octanol–water partition coefficient (Wildman–Crippen LogP) is 4.04. The van der Waals surface area contributed by atoms with Crippen molar-refractivity contribution >= 4 is 34.4 Å². The second kappa shape index (κ2) is 8.09. The number of nitrogens with one attached hydrogen (secondary N) is 1. The van der Waals surface area contributed by atoms with E-state index in [-0.39, 0.29) is 18.3 Å². The van der Waals surface area contributed by atoms with E-state index in [1.165, 1.54) is 22.7 Å². The quantitative estimate of drug-likeness (QED) is 0.638. The average molecular weight is 371 g/mol. The van der Waals surface area contributed by atoms with Crippen molar-refractivity contribution in [1.29, 1.82) is 0 Å². The van der Waals surface area contributed by atoms with Crippen molar-refractivity contribution in [3.8, 4) is 5.75 Å². The Morgan fingerprint density at radius 1 is 1.04 bits per heavy atom. The highest BCUT2D eigenvalue weighted by atomic mass is 32.1. The molecule has 25 heavy (non-hydrogen) atoms. The lowest BCUT2D eigenvalue weighted by Crippen LogP contribution is -2.28. The summed E-state index contributed by atoms with van der Waals surface area (Å²) in [6.45, 7) is 2.35. The maximum Gasteiger partial charge on any atom is 0.258 e. The van der Waals surface area contributed by atoms with Crippen LogP contribution in [0, 0.1) is 6.92 Å². The van der Waals surface area contributed by atoms with E-state index >= 15 is 0 Å². The van der Waals surface area contributed by atoms with E-state index in [0.717, 1.165) is 15.3 Å². The van der Waals surface area contributed by atoms with Crippen LogP contribution >= 0.6 is 22.7 Å².